The molecular formula is C26H35N2O6+. The van der Waals surface area contributed by atoms with Gasteiger partial charge in [0.05, 0.1) is 20.6 Å². The molecule has 0 spiro atoms. The van der Waals surface area contributed by atoms with E-state index in [9.17, 15) is 25.2 Å². The van der Waals surface area contributed by atoms with Crippen LogP contribution < -0.4 is 4.90 Å². The van der Waals surface area contributed by atoms with E-state index in [-0.39, 0.29) is 10.4 Å². The van der Waals surface area contributed by atoms with Crippen molar-refractivity contribution in [3.8, 4) is 0 Å². The van der Waals surface area contributed by atoms with Crippen LogP contribution in [-0.4, -0.2) is 88.7 Å². The summed E-state index contributed by atoms with van der Waals surface area (Å²) in [5.74, 6) is -1.24. The van der Waals surface area contributed by atoms with E-state index in [0.717, 1.165) is 12.8 Å². The van der Waals surface area contributed by atoms with Crippen molar-refractivity contribution in [3.63, 3.8) is 0 Å². The van der Waals surface area contributed by atoms with Gasteiger partial charge in [0.2, 0.25) is 6.23 Å². The Hall–Kier alpha value is -2.49. The summed E-state index contributed by atoms with van der Waals surface area (Å²) in [5, 5.41) is 40.4. The second-order valence-electron chi connectivity index (χ2n) is 10.2. The fourth-order valence-electron chi connectivity index (χ4n) is 5.49. The molecule has 0 saturated carbocycles. The lowest BCUT2D eigenvalue weighted by Crippen LogP contribution is -2.69. The highest BCUT2D eigenvalue weighted by molar-refractivity contribution is 5.73. The molecule has 184 valence electrons. The van der Waals surface area contributed by atoms with Crippen LogP contribution in [0, 0.1) is 5.92 Å². The zero-order valence-corrected chi connectivity index (χ0v) is 19.9. The van der Waals surface area contributed by atoms with Gasteiger partial charge in [0.1, 0.15) is 12.2 Å². The number of likely N-dealkylation sites (N-methyl/N-ethyl adjacent to an activating group) is 1. The van der Waals surface area contributed by atoms with Gasteiger partial charge in [-0.3, -0.25) is 0 Å². The number of aryl methyl sites for hydroxylation is 2. The minimum atomic E-state index is -1.69. The van der Waals surface area contributed by atoms with Crippen molar-refractivity contribution in [2.45, 2.75) is 50.4 Å². The van der Waals surface area contributed by atoms with Gasteiger partial charge in [0.25, 0.3) is 0 Å². The predicted octanol–water partition coefficient (Wildman–Crippen LogP) is 1.53. The zero-order valence-electron chi connectivity index (χ0n) is 19.9. The molecular weight excluding hydrogens is 436 g/mol. The molecule has 0 bridgehead atoms. The molecule has 6 atom stereocenters. The summed E-state index contributed by atoms with van der Waals surface area (Å²) in [4.78, 5) is 13.9. The Kier molecular flexibility index (Phi) is 6.98. The highest BCUT2D eigenvalue weighted by Crippen LogP contribution is 2.37. The lowest BCUT2D eigenvalue weighted by atomic mass is 9.96. The number of aliphatic hydroxyl groups excluding tert-OH is 3. The van der Waals surface area contributed by atoms with Gasteiger partial charge in [-0.15, -0.1) is 0 Å². The maximum absolute atomic E-state index is 11.5. The first-order chi connectivity index (χ1) is 16.1. The van der Waals surface area contributed by atoms with E-state index in [1.165, 1.54) is 22.5 Å². The van der Waals surface area contributed by atoms with E-state index in [1.54, 1.807) is 0 Å². The highest BCUT2D eigenvalue weighted by Gasteiger charge is 2.53. The summed E-state index contributed by atoms with van der Waals surface area (Å²) in [6.07, 6.45) is -5.35. The van der Waals surface area contributed by atoms with Gasteiger partial charge in [-0.05, 0) is 36.1 Å². The molecule has 2 aromatic rings. The minimum Gasteiger partial charge on any atom is -0.479 e. The summed E-state index contributed by atoms with van der Waals surface area (Å²) >= 11 is 0. The molecule has 1 saturated heterocycles. The molecule has 4 N–H and O–H groups in total. The smallest absolute Gasteiger partial charge is 0.335 e. The van der Waals surface area contributed by atoms with E-state index in [1.807, 2.05) is 14.1 Å². The van der Waals surface area contributed by atoms with Crippen LogP contribution >= 0.6 is 0 Å². The highest BCUT2D eigenvalue weighted by atomic mass is 16.6. The average Bonchev–Trinajstić information content (AvgIpc) is 2.94. The Labute approximate surface area is 200 Å². The van der Waals surface area contributed by atoms with Crippen LogP contribution in [-0.2, 0) is 22.4 Å². The number of rotatable bonds is 6. The van der Waals surface area contributed by atoms with Crippen molar-refractivity contribution >= 4 is 17.3 Å². The van der Waals surface area contributed by atoms with Crippen LogP contribution in [0.3, 0.4) is 0 Å². The number of nitrogens with zero attached hydrogens (tertiary/aromatic N) is 2. The van der Waals surface area contributed by atoms with Gasteiger partial charge in [-0.1, -0.05) is 43.3 Å². The number of hydrogen-bond donors (Lipinski definition) is 4. The Morgan fingerprint density at radius 2 is 1.50 bits per heavy atom. The summed E-state index contributed by atoms with van der Waals surface area (Å²) < 4.78 is 5.76. The zero-order chi connectivity index (χ0) is 24.6. The van der Waals surface area contributed by atoms with Crippen molar-refractivity contribution in [1.82, 2.24) is 0 Å². The molecule has 4 rings (SSSR count). The van der Waals surface area contributed by atoms with E-state index >= 15 is 0 Å². The van der Waals surface area contributed by atoms with Crippen LogP contribution in [0.15, 0.2) is 48.5 Å². The molecule has 0 amide bonds. The second-order valence-corrected chi connectivity index (χ2v) is 10.2. The molecule has 8 heteroatoms. The first-order valence-corrected chi connectivity index (χ1v) is 11.8. The minimum absolute atomic E-state index is 0.122. The molecule has 1 fully saturated rings. The first kappa shape index (κ1) is 24.6. The summed E-state index contributed by atoms with van der Waals surface area (Å²) in [5.41, 5.74) is 4.96. The number of carboxylic acid groups (broad SMARTS) is 1. The molecule has 0 radical (unpaired) electrons. The van der Waals surface area contributed by atoms with Gasteiger partial charge >= 0.3 is 5.97 Å². The van der Waals surface area contributed by atoms with Crippen LogP contribution in [0.1, 0.15) is 18.1 Å². The molecule has 2 aliphatic heterocycles. The Morgan fingerprint density at radius 3 is 2.03 bits per heavy atom. The van der Waals surface area contributed by atoms with Gasteiger partial charge in [0.15, 0.2) is 12.2 Å². The Morgan fingerprint density at radius 1 is 0.971 bits per heavy atom. The monoisotopic (exact) mass is 471 g/mol. The number of carboxylic acids is 1. The maximum atomic E-state index is 11.5. The fraction of sp³-hybridized carbons (Fsp3) is 0.500. The molecule has 2 aromatic carbocycles. The van der Waals surface area contributed by atoms with Crippen molar-refractivity contribution in [3.05, 3.63) is 59.7 Å². The SMILES string of the molecule is CC(CN1c2ccccc2CCc2ccccc21)C[N+](C)(C)[C@@H]1O[C@H](C(=O)O)[C@@H](O)[C@H](O)[C@H]1O. The maximum Gasteiger partial charge on any atom is 0.335 e. The van der Waals surface area contributed by atoms with Gasteiger partial charge < -0.3 is 34.5 Å². The lowest BCUT2D eigenvalue weighted by molar-refractivity contribution is -0.947. The van der Waals surface area contributed by atoms with E-state index in [2.05, 4.69) is 60.4 Å². The van der Waals surface area contributed by atoms with Crippen molar-refractivity contribution in [2.75, 3.05) is 32.1 Å². The standard InChI is InChI=1S/C26H34N2O6/c1-16(15-28(2,3)25-23(31)21(29)22(30)24(34-25)26(32)33)14-27-19-10-6-4-8-17(19)12-13-18-9-5-7-11-20(18)27/h4-11,16,21-25,29-31H,12-15H2,1-3H3/p+1/t16?,21-,22-,23+,24-,25+/m0/s1. The first-order valence-electron chi connectivity index (χ1n) is 11.8. The molecule has 34 heavy (non-hydrogen) atoms. The number of aliphatic carboxylic acids is 1. The molecule has 2 aliphatic rings. The summed E-state index contributed by atoms with van der Waals surface area (Å²) in [7, 11) is 3.69. The quantitative estimate of drug-likeness (QED) is 0.473. The molecule has 0 aliphatic carbocycles. The topological polar surface area (TPSA) is 110 Å². The number of ether oxygens (including phenoxy) is 1. The molecule has 1 unspecified atom stereocenters. The van der Waals surface area contributed by atoms with Gasteiger partial charge in [0, 0.05) is 23.8 Å². The number of para-hydroxylation sites is 2. The van der Waals surface area contributed by atoms with Crippen LogP contribution in [0.2, 0.25) is 0 Å². The van der Waals surface area contributed by atoms with Crippen molar-refractivity contribution < 1.29 is 34.4 Å². The molecule has 8 nitrogen and oxygen atoms in total. The van der Waals surface area contributed by atoms with Crippen molar-refractivity contribution in [2.24, 2.45) is 5.92 Å². The molecule has 0 aromatic heterocycles. The number of anilines is 2. The Bertz CT molecular complexity index is 980. The number of hydrogen-bond acceptors (Lipinski definition) is 6. The summed E-state index contributed by atoms with van der Waals surface area (Å²) in [6.45, 7) is 3.38. The van der Waals surface area contributed by atoms with Crippen LogP contribution in [0.5, 0.6) is 0 Å². The Balaban J connectivity index is 1.57. The number of benzene rings is 2. The van der Waals surface area contributed by atoms with E-state index in [0.29, 0.717) is 13.1 Å². The van der Waals surface area contributed by atoms with E-state index < -0.39 is 36.6 Å². The normalized spacial score (nSPS) is 27.9. The number of aliphatic hydroxyl groups is 3. The van der Waals surface area contributed by atoms with Crippen LogP contribution in [0.4, 0.5) is 11.4 Å². The third-order valence-corrected chi connectivity index (χ3v) is 7.03. The summed E-state index contributed by atoms with van der Waals surface area (Å²) in [6, 6.07) is 16.9. The van der Waals surface area contributed by atoms with Gasteiger partial charge in [-0.25, -0.2) is 4.79 Å². The second kappa shape index (κ2) is 9.64. The van der Waals surface area contributed by atoms with Gasteiger partial charge in [-0.2, -0.15) is 0 Å². The third-order valence-electron chi connectivity index (χ3n) is 7.03. The van der Waals surface area contributed by atoms with Crippen molar-refractivity contribution in [1.29, 1.82) is 0 Å². The third kappa shape index (κ3) is 4.69. The average molecular weight is 472 g/mol. The molecule has 2 heterocycles. The van der Waals surface area contributed by atoms with Crippen LogP contribution in [0.25, 0.3) is 0 Å². The number of fused-ring (bicyclic) bond motifs is 2. The number of quaternary nitrogens is 1. The predicted molar refractivity (Wildman–Crippen MR) is 128 cm³/mol. The number of carbonyl (C=O) groups is 1. The van der Waals surface area contributed by atoms with E-state index in [4.69, 9.17) is 4.74 Å². The largest absolute Gasteiger partial charge is 0.479 e. The lowest BCUT2D eigenvalue weighted by Gasteiger charge is -2.47. The fourth-order valence-corrected chi connectivity index (χ4v) is 5.49.